The van der Waals surface area contributed by atoms with E-state index in [4.69, 9.17) is 14.0 Å². The maximum atomic E-state index is 12.4. The lowest BCUT2D eigenvalue weighted by atomic mass is 10.1. The zero-order valence-electron chi connectivity index (χ0n) is 15.9. The zero-order valence-corrected chi connectivity index (χ0v) is 15.9. The second kappa shape index (κ2) is 8.73. The monoisotopic (exact) mass is 389 g/mol. The number of carboxylic acid groups (broad SMARTS) is 1. The van der Waals surface area contributed by atoms with Crippen LogP contribution in [0.3, 0.4) is 0 Å². The van der Waals surface area contributed by atoms with E-state index < -0.39 is 5.97 Å². The fourth-order valence-corrected chi connectivity index (χ4v) is 3.33. The molecule has 9 heteroatoms. The largest absolute Gasteiger partial charge is 0.493 e. The highest BCUT2D eigenvalue weighted by Gasteiger charge is 2.23. The molecule has 0 saturated heterocycles. The third-order valence-corrected chi connectivity index (χ3v) is 4.77. The van der Waals surface area contributed by atoms with Crippen molar-refractivity contribution in [1.29, 1.82) is 0 Å². The Morgan fingerprint density at radius 3 is 2.64 bits per heavy atom. The van der Waals surface area contributed by atoms with Crippen LogP contribution in [0.4, 0.5) is 5.69 Å². The number of carboxylic acids is 1. The second-order valence-corrected chi connectivity index (χ2v) is 6.64. The van der Waals surface area contributed by atoms with Crippen LogP contribution in [0.25, 0.3) is 0 Å². The Balaban J connectivity index is 1.65. The summed E-state index contributed by atoms with van der Waals surface area (Å²) in [5.74, 6) is 0.486. The van der Waals surface area contributed by atoms with E-state index in [1.165, 1.54) is 39.2 Å². The van der Waals surface area contributed by atoms with Crippen molar-refractivity contribution in [2.75, 3.05) is 19.5 Å². The van der Waals surface area contributed by atoms with Crippen LogP contribution < -0.4 is 14.8 Å². The van der Waals surface area contributed by atoms with Crippen LogP contribution in [0.1, 0.15) is 60.1 Å². The highest BCUT2D eigenvalue weighted by molar-refractivity contribution is 5.96. The molecule has 0 unspecified atom stereocenters. The summed E-state index contributed by atoms with van der Waals surface area (Å²) in [7, 11) is 2.81. The number of nitrogens with zero attached hydrogens (tertiary/aromatic N) is 2. The van der Waals surface area contributed by atoms with Gasteiger partial charge in [0, 0.05) is 18.8 Å². The van der Waals surface area contributed by atoms with E-state index >= 15 is 0 Å². The smallest absolute Gasteiger partial charge is 0.335 e. The average molecular weight is 389 g/mol. The molecule has 0 bridgehead atoms. The number of methoxy groups -OCH3 is 2. The summed E-state index contributed by atoms with van der Waals surface area (Å²) in [6.45, 7) is 0. The Bertz CT molecular complexity index is 857. The molecule has 0 aliphatic heterocycles. The van der Waals surface area contributed by atoms with Crippen LogP contribution in [0.5, 0.6) is 11.5 Å². The second-order valence-electron chi connectivity index (χ2n) is 6.64. The van der Waals surface area contributed by atoms with Gasteiger partial charge >= 0.3 is 5.97 Å². The molecule has 1 aromatic carbocycles. The topological polar surface area (TPSA) is 124 Å². The van der Waals surface area contributed by atoms with E-state index in [0.29, 0.717) is 24.1 Å². The van der Waals surface area contributed by atoms with Gasteiger partial charge < -0.3 is 24.4 Å². The molecule has 150 valence electrons. The predicted molar refractivity (Wildman–Crippen MR) is 99.0 cm³/mol. The maximum Gasteiger partial charge on any atom is 0.335 e. The van der Waals surface area contributed by atoms with Crippen molar-refractivity contribution in [3.05, 3.63) is 29.4 Å². The molecule has 2 N–H and O–H groups in total. The minimum Gasteiger partial charge on any atom is -0.493 e. The number of nitrogens with one attached hydrogen (secondary N) is 1. The van der Waals surface area contributed by atoms with Gasteiger partial charge in [-0.05, 0) is 25.0 Å². The van der Waals surface area contributed by atoms with E-state index in [9.17, 15) is 14.7 Å². The molecule has 1 aliphatic rings. The summed E-state index contributed by atoms with van der Waals surface area (Å²) >= 11 is 0. The van der Waals surface area contributed by atoms with E-state index in [2.05, 4.69) is 15.5 Å². The Labute approximate surface area is 162 Å². The minimum atomic E-state index is -1.14. The van der Waals surface area contributed by atoms with E-state index in [1.807, 2.05) is 0 Å². The molecule has 1 heterocycles. The zero-order chi connectivity index (χ0) is 20.1. The molecule has 1 aliphatic carbocycles. The lowest BCUT2D eigenvalue weighted by Crippen LogP contribution is -2.14. The number of hydrogen-bond acceptors (Lipinski definition) is 7. The summed E-state index contributed by atoms with van der Waals surface area (Å²) in [5, 5.41) is 15.9. The number of anilines is 1. The van der Waals surface area contributed by atoms with Crippen LogP contribution in [0.15, 0.2) is 16.7 Å². The first-order valence-electron chi connectivity index (χ1n) is 9.13. The number of carbonyl (C=O) groups is 2. The molecule has 3 rings (SSSR count). The number of rotatable bonds is 8. The highest BCUT2D eigenvalue weighted by atomic mass is 16.5. The van der Waals surface area contributed by atoms with Gasteiger partial charge in [0.1, 0.15) is 0 Å². The summed E-state index contributed by atoms with van der Waals surface area (Å²) in [6.07, 6.45) is 4.90. The van der Waals surface area contributed by atoms with Crippen LogP contribution in [0, 0.1) is 0 Å². The third kappa shape index (κ3) is 4.41. The first-order valence-corrected chi connectivity index (χ1v) is 9.13. The van der Waals surface area contributed by atoms with Crippen molar-refractivity contribution in [2.24, 2.45) is 0 Å². The minimum absolute atomic E-state index is 0.0222. The van der Waals surface area contributed by atoms with Gasteiger partial charge in [0.15, 0.2) is 17.3 Å². The number of carbonyl (C=O) groups excluding carboxylic acids is 1. The number of aromatic carboxylic acids is 1. The average Bonchev–Trinajstić information content (AvgIpc) is 3.37. The van der Waals surface area contributed by atoms with Crippen LogP contribution in [-0.2, 0) is 11.2 Å². The third-order valence-electron chi connectivity index (χ3n) is 4.77. The molecular weight excluding hydrogens is 366 g/mol. The molecular formula is C19H23N3O6. The molecule has 9 nitrogen and oxygen atoms in total. The number of amides is 1. The normalized spacial score (nSPS) is 14.1. The fourth-order valence-electron chi connectivity index (χ4n) is 3.33. The Hall–Kier alpha value is -3.10. The SMILES string of the molecule is COc1cc(C(=O)O)cc(NC(=O)CCc2nc(C3CCCC3)no2)c1OC. The molecule has 1 aromatic heterocycles. The van der Waals surface area contributed by atoms with E-state index in [0.717, 1.165) is 12.8 Å². The number of benzene rings is 1. The van der Waals surface area contributed by atoms with Gasteiger partial charge in [0.25, 0.3) is 0 Å². The van der Waals surface area contributed by atoms with Gasteiger partial charge in [-0.1, -0.05) is 18.0 Å². The Morgan fingerprint density at radius 1 is 1.25 bits per heavy atom. The molecule has 0 spiro atoms. The van der Waals surface area contributed by atoms with Gasteiger partial charge in [-0.3, -0.25) is 4.79 Å². The van der Waals surface area contributed by atoms with Crippen molar-refractivity contribution < 1.29 is 28.7 Å². The first-order chi connectivity index (χ1) is 13.5. The first kappa shape index (κ1) is 19.7. The van der Waals surface area contributed by atoms with Crippen LogP contribution in [0.2, 0.25) is 0 Å². The number of ether oxygens (including phenoxy) is 2. The van der Waals surface area contributed by atoms with Crippen molar-refractivity contribution in [1.82, 2.24) is 10.1 Å². The summed E-state index contributed by atoms with van der Waals surface area (Å²) in [5.41, 5.74) is 0.201. The summed E-state index contributed by atoms with van der Waals surface area (Å²) in [6, 6.07) is 2.66. The molecule has 1 amide bonds. The van der Waals surface area contributed by atoms with Crippen LogP contribution >= 0.6 is 0 Å². The lowest BCUT2D eigenvalue weighted by Gasteiger charge is -2.14. The summed E-state index contributed by atoms with van der Waals surface area (Å²) in [4.78, 5) is 28.0. The van der Waals surface area contributed by atoms with Gasteiger partial charge in [-0.2, -0.15) is 4.98 Å². The van der Waals surface area contributed by atoms with Crippen LogP contribution in [-0.4, -0.2) is 41.3 Å². The number of aryl methyl sites for hydroxylation is 1. The van der Waals surface area contributed by atoms with Crippen molar-refractivity contribution >= 4 is 17.6 Å². The number of hydrogen-bond donors (Lipinski definition) is 2. The molecule has 28 heavy (non-hydrogen) atoms. The molecule has 1 fully saturated rings. The number of aromatic nitrogens is 2. The van der Waals surface area contributed by atoms with Gasteiger partial charge in [-0.15, -0.1) is 0 Å². The van der Waals surface area contributed by atoms with Crippen molar-refractivity contribution in [3.8, 4) is 11.5 Å². The van der Waals surface area contributed by atoms with E-state index in [-0.39, 0.29) is 35.1 Å². The molecule has 0 radical (unpaired) electrons. The van der Waals surface area contributed by atoms with Gasteiger partial charge in [0.2, 0.25) is 11.8 Å². The quantitative estimate of drug-likeness (QED) is 0.706. The predicted octanol–water partition coefficient (Wildman–Crippen LogP) is 3.01. The standard InChI is InChI=1S/C19H23N3O6/c1-26-14-10-12(19(24)25)9-13(17(14)27-2)20-15(23)7-8-16-21-18(22-28-16)11-5-3-4-6-11/h9-11H,3-8H2,1-2H3,(H,20,23)(H,24,25). The molecule has 2 aromatic rings. The molecule has 1 saturated carbocycles. The van der Waals surface area contributed by atoms with E-state index in [1.54, 1.807) is 0 Å². The van der Waals surface area contributed by atoms with Gasteiger partial charge in [-0.25, -0.2) is 4.79 Å². The Kier molecular flexibility index (Phi) is 6.13. The fraction of sp³-hybridized carbons (Fsp3) is 0.474. The maximum absolute atomic E-state index is 12.4. The Morgan fingerprint density at radius 2 is 2.00 bits per heavy atom. The highest BCUT2D eigenvalue weighted by Crippen LogP contribution is 2.37. The summed E-state index contributed by atoms with van der Waals surface area (Å²) < 4.78 is 15.7. The van der Waals surface area contributed by atoms with Gasteiger partial charge in [0.05, 0.1) is 25.5 Å². The lowest BCUT2D eigenvalue weighted by molar-refractivity contribution is -0.116. The van der Waals surface area contributed by atoms with Crippen molar-refractivity contribution in [3.63, 3.8) is 0 Å². The molecule has 0 atom stereocenters. The van der Waals surface area contributed by atoms with Crippen molar-refractivity contribution in [2.45, 2.75) is 44.4 Å².